The van der Waals surface area contributed by atoms with Crippen molar-refractivity contribution in [3.05, 3.63) is 42.2 Å². The Labute approximate surface area is 174 Å². The van der Waals surface area contributed by atoms with Gasteiger partial charge >= 0.3 is 0 Å². The van der Waals surface area contributed by atoms with E-state index in [9.17, 15) is 4.79 Å². The highest BCUT2D eigenvalue weighted by atomic mass is 16.1. The fourth-order valence-corrected chi connectivity index (χ4v) is 3.79. The topological polar surface area (TPSA) is 70.2 Å². The maximum Gasteiger partial charge on any atom is 0.251 e. The second kappa shape index (κ2) is 10.9. The molecule has 1 aromatic carbocycles. The van der Waals surface area contributed by atoms with Gasteiger partial charge in [0.2, 0.25) is 5.95 Å². The lowest BCUT2D eigenvalue weighted by Crippen LogP contribution is -2.34. The molecule has 1 aromatic heterocycles. The number of benzene rings is 1. The molecule has 2 aromatic rings. The number of nitrogens with one attached hydrogen (secondary N) is 2. The first kappa shape index (κ1) is 21.2. The van der Waals surface area contributed by atoms with Crippen LogP contribution in [0.2, 0.25) is 0 Å². The van der Waals surface area contributed by atoms with Crippen LogP contribution in [0.4, 0.5) is 5.95 Å². The number of hydrogen-bond acceptors (Lipinski definition) is 5. The molecule has 29 heavy (non-hydrogen) atoms. The number of likely N-dealkylation sites (N-methyl/N-ethyl adjacent to an activating group) is 1. The molecule has 1 aliphatic rings. The first-order valence-corrected chi connectivity index (χ1v) is 10.9. The normalized spacial score (nSPS) is 14.7. The van der Waals surface area contributed by atoms with Gasteiger partial charge < -0.3 is 15.5 Å². The van der Waals surface area contributed by atoms with Crippen LogP contribution in [0, 0.1) is 0 Å². The minimum absolute atomic E-state index is 0.0458. The Morgan fingerprint density at radius 1 is 1.07 bits per heavy atom. The summed E-state index contributed by atoms with van der Waals surface area (Å²) in [7, 11) is 0. The average Bonchev–Trinajstić information content (AvgIpc) is 2.78. The van der Waals surface area contributed by atoms with Crippen LogP contribution in [0.5, 0.6) is 0 Å². The summed E-state index contributed by atoms with van der Waals surface area (Å²) in [5.41, 5.74) is 2.52. The van der Waals surface area contributed by atoms with E-state index in [-0.39, 0.29) is 5.91 Å². The van der Waals surface area contributed by atoms with E-state index in [0.29, 0.717) is 24.1 Å². The van der Waals surface area contributed by atoms with Crippen molar-refractivity contribution in [3.8, 4) is 11.1 Å². The van der Waals surface area contributed by atoms with E-state index < -0.39 is 0 Å². The molecule has 6 heteroatoms. The van der Waals surface area contributed by atoms with Gasteiger partial charge in [0.25, 0.3) is 5.91 Å². The van der Waals surface area contributed by atoms with Crippen molar-refractivity contribution in [1.29, 1.82) is 0 Å². The van der Waals surface area contributed by atoms with E-state index in [4.69, 9.17) is 0 Å². The maximum absolute atomic E-state index is 12.5. The third-order valence-corrected chi connectivity index (χ3v) is 5.66. The largest absolute Gasteiger partial charge is 0.351 e. The summed E-state index contributed by atoms with van der Waals surface area (Å²) < 4.78 is 0. The third-order valence-electron chi connectivity index (χ3n) is 5.66. The molecule has 0 atom stereocenters. The zero-order valence-electron chi connectivity index (χ0n) is 17.7. The second-order valence-corrected chi connectivity index (χ2v) is 7.64. The van der Waals surface area contributed by atoms with Crippen LogP contribution in [0.3, 0.4) is 0 Å². The standard InChI is InChI=1S/C23H33N5O/c1-3-28(4-2)14-13-24-22(29)19-10-8-9-18(15-19)20-16-25-23(26-17-20)27-21-11-6-5-7-12-21/h8-10,15-17,21H,3-7,11-14H2,1-2H3,(H,24,29)(H,25,26,27). The highest BCUT2D eigenvalue weighted by Crippen LogP contribution is 2.22. The van der Waals surface area contributed by atoms with E-state index in [2.05, 4.69) is 39.3 Å². The van der Waals surface area contributed by atoms with Gasteiger partial charge in [-0.15, -0.1) is 0 Å². The highest BCUT2D eigenvalue weighted by Gasteiger charge is 2.14. The average molecular weight is 396 g/mol. The molecule has 0 bridgehead atoms. The van der Waals surface area contributed by atoms with Crippen LogP contribution >= 0.6 is 0 Å². The SMILES string of the molecule is CCN(CC)CCNC(=O)c1cccc(-c2cnc(NC3CCCCC3)nc2)c1. The van der Waals surface area contributed by atoms with E-state index in [1.807, 2.05) is 36.7 Å². The number of rotatable bonds is 9. The Morgan fingerprint density at radius 3 is 2.48 bits per heavy atom. The molecule has 1 aliphatic carbocycles. The van der Waals surface area contributed by atoms with Crippen molar-refractivity contribution in [2.75, 3.05) is 31.5 Å². The van der Waals surface area contributed by atoms with Crippen molar-refractivity contribution in [2.45, 2.75) is 52.0 Å². The monoisotopic (exact) mass is 395 g/mol. The number of carbonyl (C=O) groups excluding carboxylic acids is 1. The van der Waals surface area contributed by atoms with Gasteiger partial charge in [-0.3, -0.25) is 4.79 Å². The second-order valence-electron chi connectivity index (χ2n) is 7.64. The summed E-state index contributed by atoms with van der Waals surface area (Å²) in [6.45, 7) is 7.76. The van der Waals surface area contributed by atoms with E-state index in [1.54, 1.807) is 0 Å². The Bertz CT molecular complexity index is 767. The van der Waals surface area contributed by atoms with Crippen LogP contribution in [0.25, 0.3) is 11.1 Å². The summed E-state index contributed by atoms with van der Waals surface area (Å²) in [4.78, 5) is 23.7. The molecule has 0 saturated heterocycles. The minimum Gasteiger partial charge on any atom is -0.351 e. The van der Waals surface area contributed by atoms with Crippen molar-refractivity contribution in [2.24, 2.45) is 0 Å². The number of amides is 1. The lowest BCUT2D eigenvalue weighted by molar-refractivity contribution is 0.0949. The molecule has 3 rings (SSSR count). The molecule has 1 fully saturated rings. The smallest absolute Gasteiger partial charge is 0.251 e. The van der Waals surface area contributed by atoms with Gasteiger partial charge in [0.15, 0.2) is 0 Å². The molecule has 1 heterocycles. The van der Waals surface area contributed by atoms with Gasteiger partial charge in [-0.05, 0) is 43.6 Å². The first-order valence-electron chi connectivity index (χ1n) is 10.9. The molecular weight excluding hydrogens is 362 g/mol. The van der Waals surface area contributed by atoms with E-state index >= 15 is 0 Å². The Hall–Kier alpha value is -2.47. The lowest BCUT2D eigenvalue weighted by Gasteiger charge is -2.22. The number of anilines is 1. The molecule has 0 aliphatic heterocycles. The van der Waals surface area contributed by atoms with Crippen LogP contribution in [-0.2, 0) is 0 Å². The fourth-order valence-electron chi connectivity index (χ4n) is 3.79. The quantitative estimate of drug-likeness (QED) is 0.672. The molecule has 0 unspecified atom stereocenters. The predicted octanol–water partition coefficient (Wildman–Crippen LogP) is 3.96. The summed E-state index contributed by atoms with van der Waals surface area (Å²) in [5.74, 6) is 0.640. The first-order chi connectivity index (χ1) is 14.2. The molecule has 2 N–H and O–H groups in total. The van der Waals surface area contributed by atoms with Crippen LogP contribution in [0.1, 0.15) is 56.3 Å². The summed E-state index contributed by atoms with van der Waals surface area (Å²) in [6, 6.07) is 8.12. The van der Waals surface area contributed by atoms with Crippen LogP contribution in [-0.4, -0.2) is 53.0 Å². The summed E-state index contributed by atoms with van der Waals surface area (Å²) >= 11 is 0. The Balaban J connectivity index is 1.59. The van der Waals surface area contributed by atoms with Gasteiger partial charge in [0, 0.05) is 42.7 Å². The molecule has 0 radical (unpaired) electrons. The summed E-state index contributed by atoms with van der Waals surface area (Å²) in [5, 5.41) is 6.45. The molecule has 0 spiro atoms. The van der Waals surface area contributed by atoms with E-state index in [1.165, 1.54) is 32.1 Å². The third kappa shape index (κ3) is 6.26. The number of carbonyl (C=O) groups is 1. The maximum atomic E-state index is 12.5. The Kier molecular flexibility index (Phi) is 7.99. The number of aromatic nitrogens is 2. The molecule has 156 valence electrons. The predicted molar refractivity (Wildman–Crippen MR) is 118 cm³/mol. The van der Waals surface area contributed by atoms with Gasteiger partial charge in [-0.25, -0.2) is 9.97 Å². The van der Waals surface area contributed by atoms with Gasteiger partial charge in [-0.2, -0.15) is 0 Å². The van der Waals surface area contributed by atoms with Crippen molar-refractivity contribution >= 4 is 11.9 Å². The molecular formula is C23H33N5O. The zero-order chi connectivity index (χ0) is 20.5. The van der Waals surface area contributed by atoms with Crippen LogP contribution < -0.4 is 10.6 Å². The zero-order valence-corrected chi connectivity index (χ0v) is 17.7. The van der Waals surface area contributed by atoms with Crippen molar-refractivity contribution < 1.29 is 4.79 Å². The van der Waals surface area contributed by atoms with Crippen molar-refractivity contribution in [3.63, 3.8) is 0 Å². The number of nitrogens with zero attached hydrogens (tertiary/aromatic N) is 3. The van der Waals surface area contributed by atoms with Gasteiger partial charge in [-0.1, -0.05) is 45.2 Å². The molecule has 1 saturated carbocycles. The van der Waals surface area contributed by atoms with Gasteiger partial charge in [0.1, 0.15) is 0 Å². The Morgan fingerprint density at radius 2 is 1.79 bits per heavy atom. The fraction of sp³-hybridized carbons (Fsp3) is 0.522. The minimum atomic E-state index is -0.0458. The van der Waals surface area contributed by atoms with Crippen LogP contribution in [0.15, 0.2) is 36.7 Å². The number of hydrogen-bond donors (Lipinski definition) is 2. The molecule has 1 amide bonds. The lowest BCUT2D eigenvalue weighted by atomic mass is 9.96. The molecule has 6 nitrogen and oxygen atoms in total. The van der Waals surface area contributed by atoms with E-state index in [0.717, 1.165) is 30.8 Å². The van der Waals surface area contributed by atoms with Gasteiger partial charge in [0.05, 0.1) is 0 Å². The summed E-state index contributed by atoms with van der Waals surface area (Å²) in [6.07, 6.45) is 9.93. The van der Waals surface area contributed by atoms with Crippen molar-refractivity contribution in [1.82, 2.24) is 20.2 Å². The highest BCUT2D eigenvalue weighted by molar-refractivity contribution is 5.95.